The van der Waals surface area contributed by atoms with Crippen LogP contribution >= 0.6 is 0 Å². The van der Waals surface area contributed by atoms with Gasteiger partial charge in [-0.1, -0.05) is 30.3 Å². The molecule has 2 aromatic rings. The summed E-state index contributed by atoms with van der Waals surface area (Å²) in [4.78, 5) is 0.290. The van der Waals surface area contributed by atoms with Crippen LogP contribution in [0.25, 0.3) is 0 Å². The van der Waals surface area contributed by atoms with Gasteiger partial charge >= 0.3 is 0 Å². The second-order valence-corrected chi connectivity index (χ2v) is 6.51. The van der Waals surface area contributed by atoms with Gasteiger partial charge in [0.05, 0.1) is 17.8 Å². The van der Waals surface area contributed by atoms with Crippen molar-refractivity contribution in [3.63, 3.8) is 0 Å². The minimum Gasteiger partial charge on any atom is -0.497 e. The first-order chi connectivity index (χ1) is 9.53. The lowest BCUT2D eigenvalue weighted by Crippen LogP contribution is -2.21. The third-order valence-corrected chi connectivity index (χ3v) is 4.81. The van der Waals surface area contributed by atoms with Crippen LogP contribution in [0.3, 0.4) is 0 Å². The minimum atomic E-state index is -3.39. The average molecular weight is 291 g/mol. The molecule has 4 nitrogen and oxygen atoms in total. The molecule has 0 aliphatic heterocycles. The van der Waals surface area contributed by atoms with Crippen molar-refractivity contribution in [1.82, 2.24) is 0 Å². The fourth-order valence-electron chi connectivity index (χ4n) is 1.93. The van der Waals surface area contributed by atoms with E-state index in [1.165, 1.54) is 0 Å². The Hall–Kier alpha value is -1.85. The van der Waals surface area contributed by atoms with Gasteiger partial charge < -0.3 is 10.5 Å². The Morgan fingerprint density at radius 2 is 1.80 bits per heavy atom. The fourth-order valence-corrected chi connectivity index (χ4v) is 3.36. The average Bonchev–Trinajstić information content (AvgIpc) is 2.48. The standard InChI is InChI=1S/C15H17NO3S/c1-19-13-7-5-6-12(10-13)15(16)11-20(17,18)14-8-3-2-4-9-14/h2-10,15H,11,16H2,1H3. The third kappa shape index (κ3) is 3.37. The molecule has 0 bridgehead atoms. The van der Waals surface area contributed by atoms with Crippen LogP contribution in [-0.2, 0) is 9.84 Å². The maximum absolute atomic E-state index is 12.3. The molecule has 0 radical (unpaired) electrons. The SMILES string of the molecule is COc1cccc(C(N)CS(=O)(=O)c2ccccc2)c1. The summed E-state index contributed by atoms with van der Waals surface area (Å²) in [5, 5.41) is 0. The molecule has 0 aliphatic rings. The molecule has 5 heteroatoms. The van der Waals surface area contributed by atoms with Gasteiger partial charge in [-0.3, -0.25) is 0 Å². The van der Waals surface area contributed by atoms with Gasteiger partial charge in [-0.15, -0.1) is 0 Å². The summed E-state index contributed by atoms with van der Waals surface area (Å²) >= 11 is 0. The van der Waals surface area contributed by atoms with E-state index in [9.17, 15) is 8.42 Å². The quantitative estimate of drug-likeness (QED) is 0.916. The van der Waals surface area contributed by atoms with Gasteiger partial charge in [-0.25, -0.2) is 8.42 Å². The molecule has 1 unspecified atom stereocenters. The highest BCUT2D eigenvalue weighted by Gasteiger charge is 2.19. The largest absolute Gasteiger partial charge is 0.497 e. The molecule has 20 heavy (non-hydrogen) atoms. The van der Waals surface area contributed by atoms with Crippen molar-refractivity contribution in [2.45, 2.75) is 10.9 Å². The molecule has 1 atom stereocenters. The second-order valence-electron chi connectivity index (χ2n) is 4.48. The third-order valence-electron chi connectivity index (χ3n) is 3.02. The van der Waals surface area contributed by atoms with E-state index >= 15 is 0 Å². The van der Waals surface area contributed by atoms with Crippen molar-refractivity contribution in [3.8, 4) is 5.75 Å². The lowest BCUT2D eigenvalue weighted by Gasteiger charge is -2.13. The van der Waals surface area contributed by atoms with Crippen molar-refractivity contribution in [1.29, 1.82) is 0 Å². The van der Waals surface area contributed by atoms with E-state index in [1.807, 2.05) is 0 Å². The molecule has 2 N–H and O–H groups in total. The molecule has 106 valence electrons. The zero-order chi connectivity index (χ0) is 14.6. The molecule has 0 saturated heterocycles. The number of methoxy groups -OCH3 is 1. The topological polar surface area (TPSA) is 69.4 Å². The zero-order valence-electron chi connectivity index (χ0n) is 11.2. The zero-order valence-corrected chi connectivity index (χ0v) is 12.0. The van der Waals surface area contributed by atoms with E-state index in [1.54, 1.807) is 61.7 Å². The van der Waals surface area contributed by atoms with Crippen LogP contribution in [0.5, 0.6) is 5.75 Å². The molecule has 0 fully saturated rings. The number of rotatable bonds is 5. The Balaban J connectivity index is 2.21. The molecule has 0 heterocycles. The Bertz CT molecular complexity index is 669. The van der Waals surface area contributed by atoms with Crippen molar-refractivity contribution >= 4 is 9.84 Å². The van der Waals surface area contributed by atoms with Gasteiger partial charge in [0.15, 0.2) is 9.84 Å². The van der Waals surface area contributed by atoms with Gasteiger partial charge in [0, 0.05) is 6.04 Å². The second kappa shape index (κ2) is 6.07. The number of sulfone groups is 1. The summed E-state index contributed by atoms with van der Waals surface area (Å²) in [7, 11) is -1.83. The molecule has 0 saturated carbocycles. The molecule has 2 aromatic carbocycles. The summed E-state index contributed by atoms with van der Waals surface area (Å²) in [5.74, 6) is 0.527. The fraction of sp³-hybridized carbons (Fsp3) is 0.200. The predicted molar refractivity (Wildman–Crippen MR) is 78.4 cm³/mol. The predicted octanol–water partition coefficient (Wildman–Crippen LogP) is 2.17. The van der Waals surface area contributed by atoms with E-state index in [2.05, 4.69) is 0 Å². The van der Waals surface area contributed by atoms with Crippen LogP contribution in [0.2, 0.25) is 0 Å². The normalized spacial score (nSPS) is 12.9. The number of benzene rings is 2. The van der Waals surface area contributed by atoms with Crippen LogP contribution < -0.4 is 10.5 Å². The van der Waals surface area contributed by atoms with E-state index in [0.717, 1.165) is 5.56 Å². The molecule has 0 spiro atoms. The summed E-state index contributed by atoms with van der Waals surface area (Å²) in [6, 6.07) is 14.9. The maximum Gasteiger partial charge on any atom is 0.180 e. The molecular formula is C15H17NO3S. The summed E-state index contributed by atoms with van der Waals surface area (Å²) < 4.78 is 29.6. The highest BCUT2D eigenvalue weighted by Crippen LogP contribution is 2.21. The summed E-state index contributed by atoms with van der Waals surface area (Å²) in [5.41, 5.74) is 6.75. The van der Waals surface area contributed by atoms with E-state index in [0.29, 0.717) is 10.6 Å². The Morgan fingerprint density at radius 1 is 1.10 bits per heavy atom. The van der Waals surface area contributed by atoms with E-state index in [4.69, 9.17) is 10.5 Å². The highest BCUT2D eigenvalue weighted by molar-refractivity contribution is 7.91. The van der Waals surface area contributed by atoms with Crippen molar-refractivity contribution in [3.05, 3.63) is 60.2 Å². The first-order valence-corrected chi connectivity index (χ1v) is 7.85. The van der Waals surface area contributed by atoms with Crippen LogP contribution in [0, 0.1) is 0 Å². The molecular weight excluding hydrogens is 274 g/mol. The number of nitrogens with two attached hydrogens (primary N) is 1. The molecule has 0 aromatic heterocycles. The first-order valence-electron chi connectivity index (χ1n) is 6.20. The van der Waals surface area contributed by atoms with Crippen LogP contribution in [-0.4, -0.2) is 21.3 Å². The number of ether oxygens (including phenoxy) is 1. The van der Waals surface area contributed by atoms with Crippen molar-refractivity contribution < 1.29 is 13.2 Å². The molecule has 0 aliphatic carbocycles. The Kier molecular flexibility index (Phi) is 4.42. The maximum atomic E-state index is 12.3. The van der Waals surface area contributed by atoms with Crippen molar-refractivity contribution in [2.24, 2.45) is 5.73 Å². The van der Waals surface area contributed by atoms with Gasteiger partial charge in [0.1, 0.15) is 5.75 Å². The van der Waals surface area contributed by atoms with Gasteiger partial charge in [-0.05, 0) is 29.8 Å². The minimum absolute atomic E-state index is 0.135. The Morgan fingerprint density at radius 3 is 2.45 bits per heavy atom. The lowest BCUT2D eigenvalue weighted by atomic mass is 10.1. The smallest absolute Gasteiger partial charge is 0.180 e. The Labute approximate surface area is 119 Å². The summed E-state index contributed by atoms with van der Waals surface area (Å²) in [6.07, 6.45) is 0. The van der Waals surface area contributed by atoms with E-state index in [-0.39, 0.29) is 5.75 Å². The number of hydrogen-bond donors (Lipinski definition) is 1. The van der Waals surface area contributed by atoms with Gasteiger partial charge in [0.2, 0.25) is 0 Å². The molecule has 0 amide bonds. The van der Waals surface area contributed by atoms with Gasteiger partial charge in [0.25, 0.3) is 0 Å². The first kappa shape index (κ1) is 14.6. The van der Waals surface area contributed by atoms with E-state index < -0.39 is 15.9 Å². The summed E-state index contributed by atoms with van der Waals surface area (Å²) in [6.45, 7) is 0. The van der Waals surface area contributed by atoms with Crippen molar-refractivity contribution in [2.75, 3.05) is 12.9 Å². The molecule has 2 rings (SSSR count). The highest BCUT2D eigenvalue weighted by atomic mass is 32.2. The van der Waals surface area contributed by atoms with Crippen LogP contribution in [0.1, 0.15) is 11.6 Å². The van der Waals surface area contributed by atoms with Crippen LogP contribution in [0.15, 0.2) is 59.5 Å². The van der Waals surface area contributed by atoms with Gasteiger partial charge in [-0.2, -0.15) is 0 Å². The number of hydrogen-bond acceptors (Lipinski definition) is 4. The monoisotopic (exact) mass is 291 g/mol. The van der Waals surface area contributed by atoms with Crippen LogP contribution in [0.4, 0.5) is 0 Å². The lowest BCUT2D eigenvalue weighted by molar-refractivity contribution is 0.414.